The zero-order valence-corrected chi connectivity index (χ0v) is 27.3. The molecule has 0 amide bonds. The number of nitrogens with zero attached hydrogens (tertiary/aromatic N) is 1. The van der Waals surface area contributed by atoms with Crippen molar-refractivity contribution in [3.63, 3.8) is 0 Å². The zero-order valence-electron chi connectivity index (χ0n) is 25.5. The molecule has 42 heavy (non-hydrogen) atoms. The molecule has 6 heteroatoms. The minimum absolute atomic E-state index is 0.00817. The van der Waals surface area contributed by atoms with E-state index in [-0.39, 0.29) is 10.8 Å². The van der Waals surface area contributed by atoms with Gasteiger partial charge in [0.1, 0.15) is 18.1 Å². The second-order valence-corrected chi connectivity index (χ2v) is 18.4. The van der Waals surface area contributed by atoms with Crippen LogP contribution in [0.2, 0.25) is 18.1 Å². The van der Waals surface area contributed by atoms with Crippen LogP contribution in [0.25, 0.3) is 20.5 Å². The molecule has 0 N–H and O–H groups in total. The van der Waals surface area contributed by atoms with Crippen molar-refractivity contribution in [2.75, 3.05) is 26.2 Å². The summed E-state index contributed by atoms with van der Waals surface area (Å²) in [4.78, 5) is 17.5. The Balaban J connectivity index is 1.40. The van der Waals surface area contributed by atoms with Crippen LogP contribution in [0.5, 0.6) is 11.5 Å². The van der Waals surface area contributed by atoms with Gasteiger partial charge < -0.3 is 9.16 Å². The van der Waals surface area contributed by atoms with Gasteiger partial charge in [-0.3, -0.25) is 9.69 Å². The summed E-state index contributed by atoms with van der Waals surface area (Å²) in [5.74, 6) is 4.37. The van der Waals surface area contributed by atoms with Gasteiger partial charge in [0.25, 0.3) is 0 Å². The lowest BCUT2D eigenvalue weighted by Gasteiger charge is -2.36. The molecule has 3 aromatic carbocycles. The molecular formula is C36H41NO3SSi. The molecule has 2 heterocycles. The van der Waals surface area contributed by atoms with Gasteiger partial charge in [-0.15, -0.1) is 17.8 Å². The van der Waals surface area contributed by atoms with Crippen LogP contribution < -0.4 is 9.16 Å². The summed E-state index contributed by atoms with van der Waals surface area (Å²) in [5.41, 5.74) is 3.13. The quantitative estimate of drug-likeness (QED) is 0.110. The third-order valence-electron chi connectivity index (χ3n) is 8.62. The lowest BCUT2D eigenvalue weighted by atomic mass is 9.97. The van der Waals surface area contributed by atoms with Crippen LogP contribution >= 0.6 is 11.3 Å². The van der Waals surface area contributed by atoms with Gasteiger partial charge in [-0.25, -0.2) is 0 Å². The molecular weight excluding hydrogens is 555 g/mol. The van der Waals surface area contributed by atoms with Crippen LogP contribution in [-0.4, -0.2) is 45.2 Å². The van der Waals surface area contributed by atoms with Crippen LogP contribution in [0.4, 0.5) is 0 Å². The summed E-state index contributed by atoms with van der Waals surface area (Å²) in [7, 11) is -1.96. The third-order valence-corrected chi connectivity index (χ3v) is 14.2. The number of carbonyl (C=O) groups is 1. The first-order valence-corrected chi connectivity index (χ1v) is 18.6. The van der Waals surface area contributed by atoms with Gasteiger partial charge >= 0.3 is 0 Å². The van der Waals surface area contributed by atoms with Crippen molar-refractivity contribution in [2.45, 2.75) is 58.2 Å². The molecule has 1 fully saturated rings. The number of piperidine rings is 1. The van der Waals surface area contributed by atoms with E-state index >= 15 is 0 Å². The second kappa shape index (κ2) is 12.5. The molecule has 0 spiro atoms. The van der Waals surface area contributed by atoms with E-state index < -0.39 is 8.32 Å². The van der Waals surface area contributed by atoms with Gasteiger partial charge in [0.05, 0.1) is 0 Å². The van der Waals surface area contributed by atoms with Crippen LogP contribution in [0.15, 0.2) is 66.7 Å². The Morgan fingerprint density at radius 2 is 1.62 bits per heavy atom. The van der Waals surface area contributed by atoms with E-state index in [1.807, 2.05) is 54.6 Å². The summed E-state index contributed by atoms with van der Waals surface area (Å²) in [6, 6.07) is 21.6. The molecule has 0 atom stereocenters. The zero-order chi connectivity index (χ0) is 29.9. The van der Waals surface area contributed by atoms with Crippen molar-refractivity contribution in [3.8, 4) is 34.3 Å². The highest BCUT2D eigenvalue weighted by Crippen LogP contribution is 2.42. The van der Waals surface area contributed by atoms with Crippen LogP contribution in [0.1, 0.15) is 61.5 Å². The third kappa shape index (κ3) is 6.65. The first kappa shape index (κ1) is 30.1. The summed E-state index contributed by atoms with van der Waals surface area (Å²) in [6.07, 6.45) is 9.57. The number of hydrogen-bond donors (Lipinski definition) is 0. The van der Waals surface area contributed by atoms with Gasteiger partial charge in [-0.2, -0.15) is 0 Å². The van der Waals surface area contributed by atoms with E-state index in [9.17, 15) is 4.79 Å². The monoisotopic (exact) mass is 595 g/mol. The standard InChI is InChI=1S/C36H41NO3SSi/c1-7-26-11-20-31-32(25-26)41-35(28-14-18-30(19-15-28)40-42(5,6)36(2,3)4)33(31)34(38)27-12-16-29(17-13-27)39-24-23-37-21-9-8-10-22-37/h1,11-20,25H,8-10,21-24H2,2-6H3. The van der Waals surface area contributed by atoms with E-state index in [2.05, 4.69) is 56.8 Å². The molecule has 1 aromatic heterocycles. The Bertz CT molecular complexity index is 1580. The maximum absolute atomic E-state index is 14.1. The minimum atomic E-state index is -1.96. The molecule has 5 rings (SSSR count). The fourth-order valence-corrected chi connectivity index (χ4v) is 7.34. The number of benzene rings is 3. The number of hydrogen-bond acceptors (Lipinski definition) is 5. The highest BCUT2D eigenvalue weighted by Gasteiger charge is 2.39. The van der Waals surface area contributed by atoms with Crippen LogP contribution in [-0.2, 0) is 0 Å². The Morgan fingerprint density at radius 1 is 0.952 bits per heavy atom. The van der Waals surface area contributed by atoms with Crippen molar-refractivity contribution in [2.24, 2.45) is 0 Å². The lowest BCUT2D eigenvalue weighted by molar-refractivity contribution is 0.104. The van der Waals surface area contributed by atoms with Crippen LogP contribution in [0, 0.1) is 12.3 Å². The summed E-state index contributed by atoms with van der Waals surface area (Å²) in [5, 5.41) is 1.03. The molecule has 4 nitrogen and oxygen atoms in total. The summed E-state index contributed by atoms with van der Waals surface area (Å²) >= 11 is 1.60. The molecule has 1 aliphatic rings. The van der Waals surface area contributed by atoms with Gasteiger partial charge in [0, 0.05) is 38.2 Å². The Kier molecular flexibility index (Phi) is 8.93. The fourth-order valence-electron chi connectivity index (χ4n) is 5.06. The number of likely N-dealkylation sites (tertiary alicyclic amines) is 1. The smallest absolute Gasteiger partial charge is 0.250 e. The van der Waals surface area contributed by atoms with Gasteiger partial charge in [-0.05, 0) is 110 Å². The van der Waals surface area contributed by atoms with Crippen molar-refractivity contribution >= 4 is 35.5 Å². The largest absolute Gasteiger partial charge is 0.544 e. The predicted octanol–water partition coefficient (Wildman–Crippen LogP) is 9.03. The normalized spacial score (nSPS) is 14.5. The number of fused-ring (bicyclic) bond motifs is 1. The van der Waals surface area contributed by atoms with E-state index in [1.54, 1.807) is 11.3 Å². The number of terminal acetylenes is 1. The number of carbonyl (C=O) groups excluding carboxylic acids is 1. The molecule has 0 aliphatic carbocycles. The number of ketones is 1. The van der Waals surface area contributed by atoms with Crippen molar-refractivity contribution < 1.29 is 14.0 Å². The topological polar surface area (TPSA) is 38.8 Å². The molecule has 4 aromatic rings. The number of ether oxygens (including phenoxy) is 1. The Morgan fingerprint density at radius 3 is 2.26 bits per heavy atom. The first-order valence-electron chi connectivity index (χ1n) is 14.9. The molecule has 0 unspecified atom stereocenters. The predicted molar refractivity (Wildman–Crippen MR) is 179 cm³/mol. The van der Waals surface area contributed by atoms with E-state index in [0.29, 0.717) is 17.7 Å². The van der Waals surface area contributed by atoms with Crippen molar-refractivity contribution in [1.82, 2.24) is 4.90 Å². The minimum Gasteiger partial charge on any atom is -0.544 e. The van der Waals surface area contributed by atoms with Gasteiger partial charge in [0.15, 0.2) is 5.78 Å². The number of thiophene rings is 1. The SMILES string of the molecule is C#Cc1ccc2c(C(=O)c3ccc(OCCN4CCCCC4)cc3)c(-c3ccc(O[Si](C)(C)C(C)(C)C)cc3)sc2c1. The highest BCUT2D eigenvalue weighted by atomic mass is 32.1. The van der Waals surface area contributed by atoms with Crippen molar-refractivity contribution in [3.05, 3.63) is 83.4 Å². The molecule has 1 aliphatic heterocycles. The molecule has 218 valence electrons. The van der Waals surface area contributed by atoms with E-state index in [0.717, 1.165) is 57.2 Å². The average molecular weight is 596 g/mol. The van der Waals surface area contributed by atoms with Gasteiger partial charge in [-0.1, -0.05) is 39.2 Å². The van der Waals surface area contributed by atoms with Gasteiger partial charge in [0.2, 0.25) is 8.32 Å². The molecule has 0 radical (unpaired) electrons. The van der Waals surface area contributed by atoms with Crippen LogP contribution in [0.3, 0.4) is 0 Å². The Labute approximate surface area is 255 Å². The van der Waals surface area contributed by atoms with E-state index in [1.165, 1.54) is 19.3 Å². The summed E-state index contributed by atoms with van der Waals surface area (Å²) in [6.45, 7) is 15.1. The fraction of sp³-hybridized carbons (Fsp3) is 0.361. The second-order valence-electron chi connectivity index (χ2n) is 12.7. The maximum Gasteiger partial charge on any atom is 0.250 e. The Hall–Kier alpha value is -3.37. The highest BCUT2D eigenvalue weighted by molar-refractivity contribution is 7.22. The maximum atomic E-state index is 14.1. The summed E-state index contributed by atoms with van der Waals surface area (Å²) < 4.78 is 13.5. The molecule has 0 saturated carbocycles. The average Bonchev–Trinajstić information content (AvgIpc) is 3.36. The number of rotatable bonds is 9. The molecule has 0 bridgehead atoms. The molecule has 1 saturated heterocycles. The van der Waals surface area contributed by atoms with Crippen molar-refractivity contribution in [1.29, 1.82) is 0 Å². The van der Waals surface area contributed by atoms with E-state index in [4.69, 9.17) is 15.6 Å². The first-order chi connectivity index (χ1) is 20.1. The lowest BCUT2D eigenvalue weighted by Crippen LogP contribution is -2.43.